The number of methoxy groups -OCH3 is 1. The van der Waals surface area contributed by atoms with Crippen molar-refractivity contribution in [2.45, 2.75) is 6.54 Å². The number of benzene rings is 2. The zero-order valence-electron chi connectivity index (χ0n) is 10.8. The second-order valence-corrected chi connectivity index (χ2v) is 5.03. The summed E-state index contributed by atoms with van der Waals surface area (Å²) in [4.78, 5) is 12.1. The third kappa shape index (κ3) is 3.65. The van der Waals surface area contributed by atoms with Crippen molar-refractivity contribution in [1.82, 2.24) is 5.32 Å². The van der Waals surface area contributed by atoms with E-state index in [4.69, 9.17) is 27.9 Å². The second kappa shape index (κ2) is 6.64. The molecule has 0 atom stereocenters. The molecule has 104 valence electrons. The average molecular weight is 310 g/mol. The molecule has 1 N–H and O–H groups in total. The molecule has 0 saturated heterocycles. The highest BCUT2D eigenvalue weighted by Gasteiger charge is 2.12. The Morgan fingerprint density at radius 3 is 2.60 bits per heavy atom. The fraction of sp³-hybridized carbons (Fsp3) is 0.133. The molecule has 2 aromatic carbocycles. The summed E-state index contributed by atoms with van der Waals surface area (Å²) in [5.74, 6) is 0.222. The zero-order valence-corrected chi connectivity index (χ0v) is 12.3. The molecule has 3 nitrogen and oxygen atoms in total. The average Bonchev–Trinajstić information content (AvgIpc) is 2.44. The molecule has 2 rings (SSSR count). The molecule has 0 bridgehead atoms. The van der Waals surface area contributed by atoms with Gasteiger partial charge in [0, 0.05) is 16.6 Å². The maximum Gasteiger partial charge on any atom is 0.255 e. The molecule has 1 amide bonds. The van der Waals surface area contributed by atoms with Gasteiger partial charge in [-0.1, -0.05) is 35.3 Å². The first-order chi connectivity index (χ1) is 9.60. The molecule has 0 aliphatic carbocycles. The van der Waals surface area contributed by atoms with E-state index >= 15 is 0 Å². The van der Waals surface area contributed by atoms with E-state index in [1.165, 1.54) is 7.11 Å². The van der Waals surface area contributed by atoms with Crippen molar-refractivity contribution in [3.8, 4) is 5.75 Å². The third-order valence-corrected chi connectivity index (χ3v) is 3.22. The maximum absolute atomic E-state index is 12.1. The van der Waals surface area contributed by atoms with Gasteiger partial charge >= 0.3 is 0 Å². The van der Waals surface area contributed by atoms with E-state index in [2.05, 4.69) is 5.32 Å². The number of hydrogen-bond donors (Lipinski definition) is 1. The summed E-state index contributed by atoms with van der Waals surface area (Å²) in [5, 5.41) is 3.98. The number of rotatable bonds is 4. The highest BCUT2D eigenvalue weighted by molar-refractivity contribution is 6.31. The van der Waals surface area contributed by atoms with Gasteiger partial charge in [-0.3, -0.25) is 4.79 Å². The molecule has 0 heterocycles. The minimum atomic E-state index is -0.224. The van der Waals surface area contributed by atoms with Crippen LogP contribution < -0.4 is 10.1 Å². The van der Waals surface area contributed by atoms with Crippen LogP contribution in [-0.4, -0.2) is 13.0 Å². The number of halogens is 2. The van der Waals surface area contributed by atoms with Crippen LogP contribution in [0.2, 0.25) is 10.0 Å². The largest absolute Gasteiger partial charge is 0.496 e. The highest BCUT2D eigenvalue weighted by Crippen LogP contribution is 2.23. The summed E-state index contributed by atoms with van der Waals surface area (Å²) in [6.07, 6.45) is 0. The lowest BCUT2D eigenvalue weighted by Gasteiger charge is -2.10. The Bertz CT molecular complexity index is 629. The van der Waals surface area contributed by atoms with Gasteiger partial charge in [0.25, 0.3) is 5.91 Å². The molecule has 0 radical (unpaired) electrons. The Labute approximate surface area is 127 Å². The third-order valence-electron chi connectivity index (χ3n) is 2.75. The van der Waals surface area contributed by atoms with Crippen LogP contribution in [0.4, 0.5) is 0 Å². The zero-order chi connectivity index (χ0) is 14.5. The lowest BCUT2D eigenvalue weighted by molar-refractivity contribution is 0.0948. The predicted octanol–water partition coefficient (Wildman–Crippen LogP) is 3.93. The van der Waals surface area contributed by atoms with Gasteiger partial charge in [-0.2, -0.15) is 0 Å². The van der Waals surface area contributed by atoms with E-state index in [9.17, 15) is 4.79 Å². The van der Waals surface area contributed by atoms with Gasteiger partial charge in [-0.25, -0.2) is 0 Å². The van der Waals surface area contributed by atoms with Crippen LogP contribution in [0.15, 0.2) is 42.5 Å². The van der Waals surface area contributed by atoms with Gasteiger partial charge < -0.3 is 10.1 Å². The smallest absolute Gasteiger partial charge is 0.255 e. The molecule has 0 aliphatic heterocycles. The van der Waals surface area contributed by atoms with Gasteiger partial charge in [0.1, 0.15) is 5.75 Å². The minimum Gasteiger partial charge on any atom is -0.496 e. The van der Waals surface area contributed by atoms with Gasteiger partial charge in [0.15, 0.2) is 0 Å². The van der Waals surface area contributed by atoms with Gasteiger partial charge in [0.05, 0.1) is 12.7 Å². The molecular weight excluding hydrogens is 297 g/mol. The van der Waals surface area contributed by atoms with Crippen LogP contribution in [0.25, 0.3) is 0 Å². The topological polar surface area (TPSA) is 38.3 Å². The summed E-state index contributed by atoms with van der Waals surface area (Å²) in [6.45, 7) is 0.394. The fourth-order valence-electron chi connectivity index (χ4n) is 1.78. The van der Waals surface area contributed by atoms with E-state index in [1.807, 2.05) is 12.1 Å². The van der Waals surface area contributed by atoms with Crippen molar-refractivity contribution >= 4 is 29.1 Å². The van der Waals surface area contributed by atoms with Crippen LogP contribution in [0, 0.1) is 0 Å². The first kappa shape index (κ1) is 14.7. The monoisotopic (exact) mass is 309 g/mol. The van der Waals surface area contributed by atoms with Crippen molar-refractivity contribution < 1.29 is 9.53 Å². The molecule has 0 fully saturated rings. The SMILES string of the molecule is COc1cc(Cl)ccc1C(=O)NCc1cccc(Cl)c1. The summed E-state index contributed by atoms with van der Waals surface area (Å²) in [5.41, 5.74) is 1.37. The van der Waals surface area contributed by atoms with Crippen molar-refractivity contribution in [3.05, 3.63) is 63.6 Å². The van der Waals surface area contributed by atoms with Crippen LogP contribution in [-0.2, 0) is 6.54 Å². The van der Waals surface area contributed by atoms with Crippen LogP contribution in [0.5, 0.6) is 5.75 Å². The summed E-state index contributed by atoms with van der Waals surface area (Å²) in [6, 6.07) is 12.2. The number of nitrogens with one attached hydrogen (secondary N) is 1. The van der Waals surface area contributed by atoms with Crippen LogP contribution in [0.1, 0.15) is 15.9 Å². The molecule has 0 saturated carbocycles. The lowest BCUT2D eigenvalue weighted by atomic mass is 10.1. The molecule has 0 aromatic heterocycles. The summed E-state index contributed by atoms with van der Waals surface area (Å²) < 4.78 is 5.15. The Morgan fingerprint density at radius 1 is 1.15 bits per heavy atom. The Hall–Kier alpha value is -1.71. The van der Waals surface area contributed by atoms with E-state index in [0.29, 0.717) is 27.9 Å². The molecular formula is C15H13Cl2NO2. The predicted molar refractivity (Wildman–Crippen MR) is 80.6 cm³/mol. The summed E-state index contributed by atoms with van der Waals surface area (Å²) >= 11 is 11.8. The molecule has 0 unspecified atom stereocenters. The standard InChI is InChI=1S/C15H13Cl2NO2/c1-20-14-8-12(17)5-6-13(14)15(19)18-9-10-3-2-4-11(16)7-10/h2-8H,9H2,1H3,(H,18,19). The van der Waals surface area contributed by atoms with Crippen molar-refractivity contribution in [1.29, 1.82) is 0 Å². The van der Waals surface area contributed by atoms with Gasteiger partial charge in [0.2, 0.25) is 0 Å². The molecule has 0 spiro atoms. The molecule has 20 heavy (non-hydrogen) atoms. The van der Waals surface area contributed by atoms with Crippen molar-refractivity contribution in [2.24, 2.45) is 0 Å². The Morgan fingerprint density at radius 2 is 1.90 bits per heavy atom. The molecule has 5 heteroatoms. The second-order valence-electron chi connectivity index (χ2n) is 4.16. The van der Waals surface area contributed by atoms with E-state index < -0.39 is 0 Å². The highest BCUT2D eigenvalue weighted by atomic mass is 35.5. The molecule has 2 aromatic rings. The van der Waals surface area contributed by atoms with Gasteiger partial charge in [-0.05, 0) is 35.9 Å². The minimum absolute atomic E-state index is 0.224. The van der Waals surface area contributed by atoms with Crippen LogP contribution >= 0.6 is 23.2 Å². The summed E-state index contributed by atoms with van der Waals surface area (Å²) in [7, 11) is 1.50. The van der Waals surface area contributed by atoms with Gasteiger partial charge in [-0.15, -0.1) is 0 Å². The Kier molecular flexibility index (Phi) is 4.88. The molecule has 0 aliphatic rings. The normalized spacial score (nSPS) is 10.2. The first-order valence-corrected chi connectivity index (χ1v) is 6.72. The number of hydrogen-bond acceptors (Lipinski definition) is 2. The van der Waals surface area contributed by atoms with E-state index in [0.717, 1.165) is 5.56 Å². The number of ether oxygens (including phenoxy) is 1. The number of amides is 1. The number of carbonyl (C=O) groups is 1. The maximum atomic E-state index is 12.1. The first-order valence-electron chi connectivity index (χ1n) is 5.96. The van der Waals surface area contributed by atoms with Crippen LogP contribution in [0.3, 0.4) is 0 Å². The van der Waals surface area contributed by atoms with E-state index in [-0.39, 0.29) is 5.91 Å². The van der Waals surface area contributed by atoms with E-state index in [1.54, 1.807) is 30.3 Å². The number of carbonyl (C=O) groups excluding carboxylic acids is 1. The fourth-order valence-corrected chi connectivity index (χ4v) is 2.15. The van der Waals surface area contributed by atoms with Crippen molar-refractivity contribution in [3.63, 3.8) is 0 Å². The lowest BCUT2D eigenvalue weighted by Crippen LogP contribution is -2.23. The quantitative estimate of drug-likeness (QED) is 0.929. The Balaban J connectivity index is 2.09. The van der Waals surface area contributed by atoms with Crippen molar-refractivity contribution in [2.75, 3.05) is 7.11 Å².